The minimum atomic E-state index is -2.88. The zero-order valence-electron chi connectivity index (χ0n) is 8.18. The molecule has 1 fully saturated rings. The van der Waals surface area contributed by atoms with Crippen LogP contribution < -0.4 is 0 Å². The first kappa shape index (κ1) is 9.71. The van der Waals surface area contributed by atoms with E-state index in [2.05, 4.69) is 5.10 Å². The Balaban J connectivity index is 1.96. The van der Waals surface area contributed by atoms with E-state index in [1.54, 1.807) is 4.68 Å². The third kappa shape index (κ3) is 2.57. The van der Waals surface area contributed by atoms with Gasteiger partial charge >= 0.3 is 0 Å². The van der Waals surface area contributed by atoms with E-state index in [4.69, 9.17) is 0 Å². The summed E-state index contributed by atoms with van der Waals surface area (Å²) in [4.78, 5) is 0. The van der Waals surface area contributed by atoms with Gasteiger partial charge in [0.1, 0.15) is 9.84 Å². The van der Waals surface area contributed by atoms with Crippen molar-refractivity contribution in [3.8, 4) is 0 Å². The van der Waals surface area contributed by atoms with Gasteiger partial charge in [0.05, 0.1) is 18.0 Å². The van der Waals surface area contributed by atoms with Crippen LogP contribution in [-0.2, 0) is 16.4 Å². The average molecular weight is 214 g/mol. The number of aryl methyl sites for hydroxylation is 1. The van der Waals surface area contributed by atoms with Gasteiger partial charge in [0.2, 0.25) is 0 Å². The summed E-state index contributed by atoms with van der Waals surface area (Å²) in [5, 5.41) is 4.33. The van der Waals surface area contributed by atoms with E-state index < -0.39 is 9.84 Å². The molecule has 5 heteroatoms. The Bertz CT molecular complexity index is 418. The van der Waals surface area contributed by atoms with Gasteiger partial charge in [-0.2, -0.15) is 5.10 Å². The maximum absolute atomic E-state index is 10.9. The molecule has 1 saturated carbocycles. The van der Waals surface area contributed by atoms with Crippen molar-refractivity contribution in [3.05, 3.63) is 18.0 Å². The molecule has 1 heterocycles. The van der Waals surface area contributed by atoms with Gasteiger partial charge in [0.15, 0.2) is 0 Å². The van der Waals surface area contributed by atoms with Crippen LogP contribution in [0.2, 0.25) is 0 Å². The van der Waals surface area contributed by atoms with Crippen LogP contribution in [0.25, 0.3) is 0 Å². The normalized spacial score (nSPS) is 17.2. The first-order valence-electron chi connectivity index (χ1n) is 4.76. The standard InChI is InChI=1S/C9H14N2O2S/c1-14(12,13)7-6-11-5-4-9(10-11)8-2-3-8/h4-5,8H,2-3,6-7H2,1H3. The molecular weight excluding hydrogens is 200 g/mol. The van der Waals surface area contributed by atoms with E-state index in [0.29, 0.717) is 12.5 Å². The Morgan fingerprint density at radius 3 is 2.86 bits per heavy atom. The number of nitrogens with zero attached hydrogens (tertiary/aromatic N) is 2. The quantitative estimate of drug-likeness (QED) is 0.745. The largest absolute Gasteiger partial charge is 0.271 e. The van der Waals surface area contributed by atoms with Crippen LogP contribution in [0, 0.1) is 0 Å². The summed E-state index contributed by atoms with van der Waals surface area (Å²) >= 11 is 0. The highest BCUT2D eigenvalue weighted by atomic mass is 32.2. The Morgan fingerprint density at radius 1 is 1.57 bits per heavy atom. The molecular formula is C9H14N2O2S. The molecule has 1 aliphatic rings. The maximum atomic E-state index is 10.9. The summed E-state index contributed by atoms with van der Waals surface area (Å²) in [5.41, 5.74) is 1.11. The second-order valence-electron chi connectivity index (χ2n) is 3.91. The molecule has 1 aliphatic carbocycles. The lowest BCUT2D eigenvalue weighted by atomic mass is 10.3. The van der Waals surface area contributed by atoms with E-state index in [-0.39, 0.29) is 5.75 Å². The molecule has 0 saturated heterocycles. The fourth-order valence-corrected chi connectivity index (χ4v) is 1.88. The summed E-state index contributed by atoms with van der Waals surface area (Å²) in [6.45, 7) is 0.464. The van der Waals surface area contributed by atoms with E-state index in [1.165, 1.54) is 19.1 Å². The van der Waals surface area contributed by atoms with Crippen molar-refractivity contribution in [1.29, 1.82) is 0 Å². The minimum Gasteiger partial charge on any atom is -0.271 e. The second kappa shape index (κ2) is 3.38. The van der Waals surface area contributed by atoms with Gasteiger partial charge in [-0.3, -0.25) is 4.68 Å². The molecule has 78 valence electrons. The van der Waals surface area contributed by atoms with Gasteiger partial charge in [-0.05, 0) is 18.9 Å². The van der Waals surface area contributed by atoms with Crippen LogP contribution in [0.4, 0.5) is 0 Å². The molecule has 0 N–H and O–H groups in total. The van der Waals surface area contributed by atoms with Crippen molar-refractivity contribution in [2.45, 2.75) is 25.3 Å². The molecule has 0 atom stereocenters. The molecule has 2 rings (SSSR count). The minimum absolute atomic E-state index is 0.165. The van der Waals surface area contributed by atoms with Crippen molar-refractivity contribution in [2.24, 2.45) is 0 Å². The molecule has 0 amide bonds. The number of rotatable bonds is 4. The van der Waals surface area contributed by atoms with E-state index >= 15 is 0 Å². The molecule has 0 unspecified atom stereocenters. The van der Waals surface area contributed by atoms with Crippen LogP contribution in [0.1, 0.15) is 24.5 Å². The maximum Gasteiger partial charge on any atom is 0.149 e. The average Bonchev–Trinajstić information content (AvgIpc) is 2.81. The molecule has 0 radical (unpaired) electrons. The van der Waals surface area contributed by atoms with Crippen molar-refractivity contribution in [1.82, 2.24) is 9.78 Å². The lowest BCUT2D eigenvalue weighted by Crippen LogP contribution is -2.11. The van der Waals surface area contributed by atoms with Crippen molar-refractivity contribution in [3.63, 3.8) is 0 Å². The van der Waals surface area contributed by atoms with Gasteiger partial charge in [-0.25, -0.2) is 8.42 Å². The van der Waals surface area contributed by atoms with E-state index in [1.807, 2.05) is 12.3 Å². The zero-order chi connectivity index (χ0) is 10.2. The molecule has 1 aromatic rings. The van der Waals surface area contributed by atoms with Crippen molar-refractivity contribution < 1.29 is 8.42 Å². The van der Waals surface area contributed by atoms with Gasteiger partial charge < -0.3 is 0 Å². The predicted octanol–water partition coefficient (Wildman–Crippen LogP) is 0.805. The first-order valence-corrected chi connectivity index (χ1v) is 6.82. The summed E-state index contributed by atoms with van der Waals surface area (Å²) < 4.78 is 23.5. The topological polar surface area (TPSA) is 52.0 Å². The molecule has 0 aromatic carbocycles. The fraction of sp³-hybridized carbons (Fsp3) is 0.667. The molecule has 14 heavy (non-hydrogen) atoms. The molecule has 0 aliphatic heterocycles. The third-order valence-corrected chi connectivity index (χ3v) is 3.27. The van der Waals surface area contributed by atoms with Gasteiger partial charge in [0.25, 0.3) is 0 Å². The van der Waals surface area contributed by atoms with Crippen molar-refractivity contribution >= 4 is 9.84 Å². The number of sulfone groups is 1. The first-order chi connectivity index (χ1) is 6.54. The number of hydrogen-bond acceptors (Lipinski definition) is 3. The smallest absolute Gasteiger partial charge is 0.149 e. The second-order valence-corrected chi connectivity index (χ2v) is 6.17. The van der Waals surface area contributed by atoms with Crippen LogP contribution in [0.5, 0.6) is 0 Å². The summed E-state index contributed by atoms with van der Waals surface area (Å²) in [5.74, 6) is 0.799. The highest BCUT2D eigenvalue weighted by Crippen LogP contribution is 2.38. The summed E-state index contributed by atoms with van der Waals surface area (Å²) in [6, 6.07) is 1.99. The predicted molar refractivity (Wildman–Crippen MR) is 53.9 cm³/mol. The molecule has 1 aromatic heterocycles. The monoisotopic (exact) mass is 214 g/mol. The van der Waals surface area contributed by atoms with Gasteiger partial charge in [-0.1, -0.05) is 0 Å². The lowest BCUT2D eigenvalue weighted by molar-refractivity contribution is 0.584. The van der Waals surface area contributed by atoms with Crippen molar-refractivity contribution in [2.75, 3.05) is 12.0 Å². The molecule has 4 nitrogen and oxygen atoms in total. The zero-order valence-corrected chi connectivity index (χ0v) is 9.00. The highest BCUT2D eigenvalue weighted by Gasteiger charge is 2.25. The third-order valence-electron chi connectivity index (χ3n) is 2.35. The summed E-state index contributed by atoms with van der Waals surface area (Å²) in [6.07, 6.45) is 5.56. The number of hydrogen-bond donors (Lipinski definition) is 0. The molecule has 0 spiro atoms. The molecule has 0 bridgehead atoms. The Morgan fingerprint density at radius 2 is 2.29 bits per heavy atom. The van der Waals surface area contributed by atoms with Gasteiger partial charge in [-0.15, -0.1) is 0 Å². The van der Waals surface area contributed by atoms with Crippen LogP contribution >= 0.6 is 0 Å². The summed E-state index contributed by atoms with van der Waals surface area (Å²) in [7, 11) is -2.88. The highest BCUT2D eigenvalue weighted by molar-refractivity contribution is 7.90. The SMILES string of the molecule is CS(=O)(=O)CCn1ccc(C2CC2)n1. The van der Waals surface area contributed by atoms with Gasteiger partial charge in [0, 0.05) is 18.4 Å². The lowest BCUT2D eigenvalue weighted by Gasteiger charge is -1.99. The Labute approximate surface area is 83.8 Å². The van der Waals surface area contributed by atoms with Crippen LogP contribution in [0.15, 0.2) is 12.3 Å². The number of aromatic nitrogens is 2. The Kier molecular flexibility index (Phi) is 2.34. The van der Waals surface area contributed by atoms with E-state index in [0.717, 1.165) is 5.69 Å². The Hall–Kier alpha value is -0.840. The van der Waals surface area contributed by atoms with E-state index in [9.17, 15) is 8.42 Å². The van der Waals surface area contributed by atoms with Crippen LogP contribution in [-0.4, -0.2) is 30.2 Å². The fourth-order valence-electron chi connectivity index (χ4n) is 1.36. The van der Waals surface area contributed by atoms with Crippen LogP contribution in [0.3, 0.4) is 0 Å².